The minimum absolute atomic E-state index is 0.196. The number of hydrogen-bond donors (Lipinski definition) is 1. The Hall–Kier alpha value is -2.13. The summed E-state index contributed by atoms with van der Waals surface area (Å²) in [6.45, 7) is 4.70. The smallest absolute Gasteiger partial charge is 0.253 e. The lowest BCUT2D eigenvalue weighted by molar-refractivity contribution is 0.0342. The molecule has 0 aliphatic carbocycles. The normalized spacial score (nSPS) is 15.0. The molecular formula is C21H26ClN3O4S. The van der Waals surface area contributed by atoms with Crippen LogP contribution in [0.4, 0.5) is 5.69 Å². The maximum atomic E-state index is 12.5. The van der Waals surface area contributed by atoms with E-state index < -0.39 is 10.0 Å². The summed E-state index contributed by atoms with van der Waals surface area (Å²) in [4.78, 5) is 14.9. The molecule has 0 bridgehead atoms. The van der Waals surface area contributed by atoms with Crippen molar-refractivity contribution >= 4 is 33.2 Å². The summed E-state index contributed by atoms with van der Waals surface area (Å²) in [5.41, 5.74) is 2.90. The molecule has 3 rings (SSSR count). The highest BCUT2D eigenvalue weighted by Crippen LogP contribution is 2.24. The molecule has 0 spiro atoms. The number of sulfonamides is 1. The van der Waals surface area contributed by atoms with Gasteiger partial charge in [0.15, 0.2) is 0 Å². The number of nitrogens with one attached hydrogen (secondary N) is 1. The SMILES string of the molecule is CN(c1ccc(C(=O)NCc2ccc(CN3CCOCC3)cc2)c(Cl)c1)S(C)(=O)=O. The molecule has 162 valence electrons. The van der Waals surface area contributed by atoms with Crippen LogP contribution in [-0.2, 0) is 27.8 Å². The van der Waals surface area contributed by atoms with E-state index in [0.29, 0.717) is 17.8 Å². The van der Waals surface area contributed by atoms with Gasteiger partial charge in [-0.1, -0.05) is 35.9 Å². The Morgan fingerprint density at radius 2 is 1.77 bits per heavy atom. The fraction of sp³-hybridized carbons (Fsp3) is 0.381. The van der Waals surface area contributed by atoms with Crippen LogP contribution >= 0.6 is 11.6 Å². The zero-order valence-corrected chi connectivity index (χ0v) is 18.7. The molecule has 30 heavy (non-hydrogen) atoms. The number of rotatable bonds is 7. The van der Waals surface area contributed by atoms with E-state index in [4.69, 9.17) is 16.3 Å². The predicted octanol–water partition coefficient (Wildman–Crippen LogP) is 2.50. The van der Waals surface area contributed by atoms with Crippen LogP contribution in [0.15, 0.2) is 42.5 Å². The molecule has 9 heteroatoms. The Kier molecular flexibility index (Phi) is 7.36. The number of halogens is 1. The van der Waals surface area contributed by atoms with E-state index in [-0.39, 0.29) is 10.9 Å². The fourth-order valence-electron chi connectivity index (χ4n) is 3.13. The Morgan fingerprint density at radius 3 is 2.37 bits per heavy atom. The van der Waals surface area contributed by atoms with Gasteiger partial charge in [0.05, 0.1) is 35.7 Å². The number of anilines is 1. The lowest BCUT2D eigenvalue weighted by Crippen LogP contribution is -2.35. The Morgan fingerprint density at radius 1 is 1.13 bits per heavy atom. The van der Waals surface area contributed by atoms with Crippen molar-refractivity contribution in [2.45, 2.75) is 13.1 Å². The topological polar surface area (TPSA) is 79.0 Å². The molecule has 0 aromatic heterocycles. The van der Waals surface area contributed by atoms with E-state index >= 15 is 0 Å². The second-order valence-electron chi connectivity index (χ2n) is 7.28. The van der Waals surface area contributed by atoms with Gasteiger partial charge in [0.1, 0.15) is 0 Å². The van der Waals surface area contributed by atoms with Crippen LogP contribution in [-0.4, -0.2) is 58.8 Å². The fourth-order valence-corrected chi connectivity index (χ4v) is 3.89. The monoisotopic (exact) mass is 451 g/mol. The van der Waals surface area contributed by atoms with Crippen LogP contribution in [0.2, 0.25) is 5.02 Å². The molecule has 0 saturated carbocycles. The molecule has 1 aliphatic heterocycles. The van der Waals surface area contributed by atoms with Gasteiger partial charge in [-0.25, -0.2) is 8.42 Å². The van der Waals surface area contributed by atoms with Gasteiger partial charge >= 0.3 is 0 Å². The Labute approximate surface area is 182 Å². The average Bonchev–Trinajstić information content (AvgIpc) is 2.72. The van der Waals surface area contributed by atoms with Crippen molar-refractivity contribution < 1.29 is 17.9 Å². The first-order valence-corrected chi connectivity index (χ1v) is 11.9. The minimum Gasteiger partial charge on any atom is -0.379 e. The summed E-state index contributed by atoms with van der Waals surface area (Å²) in [5, 5.41) is 3.05. The first kappa shape index (κ1) is 22.6. The van der Waals surface area contributed by atoms with Crippen molar-refractivity contribution in [3.05, 3.63) is 64.2 Å². The zero-order chi connectivity index (χ0) is 21.7. The highest BCUT2D eigenvalue weighted by atomic mass is 35.5. The number of ether oxygens (including phenoxy) is 1. The zero-order valence-electron chi connectivity index (χ0n) is 17.1. The third kappa shape index (κ3) is 5.95. The number of benzene rings is 2. The molecule has 1 fully saturated rings. The van der Waals surface area contributed by atoms with Crippen molar-refractivity contribution in [1.82, 2.24) is 10.2 Å². The number of carbonyl (C=O) groups excluding carboxylic acids is 1. The molecule has 2 aromatic rings. The molecule has 0 unspecified atom stereocenters. The lowest BCUT2D eigenvalue weighted by Gasteiger charge is -2.26. The number of amides is 1. The predicted molar refractivity (Wildman–Crippen MR) is 118 cm³/mol. The van der Waals surface area contributed by atoms with Crippen LogP contribution < -0.4 is 9.62 Å². The van der Waals surface area contributed by atoms with Crippen LogP contribution in [0.3, 0.4) is 0 Å². The molecule has 0 radical (unpaired) electrons. The van der Waals surface area contributed by atoms with Gasteiger partial charge in [0, 0.05) is 33.2 Å². The largest absolute Gasteiger partial charge is 0.379 e. The van der Waals surface area contributed by atoms with Gasteiger partial charge in [-0.15, -0.1) is 0 Å². The first-order valence-electron chi connectivity index (χ1n) is 9.63. The number of morpholine rings is 1. The van der Waals surface area contributed by atoms with E-state index in [9.17, 15) is 13.2 Å². The average molecular weight is 452 g/mol. The molecule has 2 aromatic carbocycles. The molecule has 0 atom stereocenters. The minimum atomic E-state index is -3.40. The maximum Gasteiger partial charge on any atom is 0.253 e. The summed E-state index contributed by atoms with van der Waals surface area (Å²) < 4.78 is 29.8. The summed E-state index contributed by atoms with van der Waals surface area (Å²) in [7, 11) is -1.97. The molecule has 1 saturated heterocycles. The molecule has 7 nitrogen and oxygen atoms in total. The maximum absolute atomic E-state index is 12.5. The highest BCUT2D eigenvalue weighted by Gasteiger charge is 2.16. The Balaban J connectivity index is 1.57. The van der Waals surface area contributed by atoms with Gasteiger partial charge < -0.3 is 10.1 Å². The summed E-state index contributed by atoms with van der Waals surface area (Å²) >= 11 is 6.22. The van der Waals surface area contributed by atoms with Crippen molar-refractivity contribution in [1.29, 1.82) is 0 Å². The standard InChI is InChI=1S/C21H26ClN3O4S/c1-24(30(2,27)28)18-7-8-19(20(22)13-18)21(26)23-14-16-3-5-17(6-4-16)15-25-9-11-29-12-10-25/h3-8,13H,9-12,14-15H2,1-2H3,(H,23,26). The van der Waals surface area contributed by atoms with Crippen LogP contribution in [0, 0.1) is 0 Å². The van der Waals surface area contributed by atoms with E-state index in [2.05, 4.69) is 22.3 Å². The first-order chi connectivity index (χ1) is 14.2. The highest BCUT2D eigenvalue weighted by molar-refractivity contribution is 7.92. The van der Waals surface area contributed by atoms with Gasteiger partial charge in [-0.2, -0.15) is 0 Å². The third-order valence-electron chi connectivity index (χ3n) is 5.04. The quantitative estimate of drug-likeness (QED) is 0.699. The van der Waals surface area contributed by atoms with Crippen LogP contribution in [0.25, 0.3) is 0 Å². The van der Waals surface area contributed by atoms with E-state index in [0.717, 1.165) is 49.0 Å². The van der Waals surface area contributed by atoms with Crippen molar-refractivity contribution in [3.63, 3.8) is 0 Å². The molecule has 1 N–H and O–H groups in total. The summed E-state index contributed by atoms with van der Waals surface area (Å²) in [6.07, 6.45) is 1.10. The summed E-state index contributed by atoms with van der Waals surface area (Å²) in [5.74, 6) is -0.314. The van der Waals surface area contributed by atoms with Crippen molar-refractivity contribution in [3.8, 4) is 0 Å². The van der Waals surface area contributed by atoms with Gasteiger partial charge in [0.25, 0.3) is 5.91 Å². The van der Waals surface area contributed by atoms with Gasteiger partial charge in [0.2, 0.25) is 10.0 Å². The molecule has 1 heterocycles. The van der Waals surface area contributed by atoms with E-state index in [1.54, 1.807) is 6.07 Å². The second-order valence-corrected chi connectivity index (χ2v) is 9.70. The van der Waals surface area contributed by atoms with Crippen LogP contribution in [0.5, 0.6) is 0 Å². The van der Waals surface area contributed by atoms with E-state index in [1.807, 2.05) is 12.1 Å². The van der Waals surface area contributed by atoms with Gasteiger partial charge in [-0.05, 0) is 29.3 Å². The molecular weight excluding hydrogens is 426 g/mol. The molecule has 1 amide bonds. The number of nitrogens with zero attached hydrogens (tertiary/aromatic N) is 2. The second kappa shape index (κ2) is 9.78. The van der Waals surface area contributed by atoms with E-state index in [1.165, 1.54) is 24.7 Å². The van der Waals surface area contributed by atoms with Gasteiger partial charge in [-0.3, -0.25) is 14.0 Å². The molecule has 1 aliphatic rings. The Bertz CT molecular complexity index is 990. The van der Waals surface area contributed by atoms with Crippen molar-refractivity contribution in [2.75, 3.05) is 43.9 Å². The number of carbonyl (C=O) groups is 1. The third-order valence-corrected chi connectivity index (χ3v) is 6.56. The number of hydrogen-bond acceptors (Lipinski definition) is 5. The summed E-state index contributed by atoms with van der Waals surface area (Å²) in [6, 6.07) is 12.7. The van der Waals surface area contributed by atoms with Crippen LogP contribution in [0.1, 0.15) is 21.5 Å². The van der Waals surface area contributed by atoms with Crippen molar-refractivity contribution in [2.24, 2.45) is 0 Å². The lowest BCUT2D eigenvalue weighted by atomic mass is 10.1.